The topological polar surface area (TPSA) is 29.1 Å². The second kappa shape index (κ2) is 8.77. The van der Waals surface area contributed by atoms with Gasteiger partial charge in [-0.3, -0.25) is 4.79 Å². The summed E-state index contributed by atoms with van der Waals surface area (Å²) in [5.41, 5.74) is 0.650. The van der Waals surface area contributed by atoms with Gasteiger partial charge in [0.15, 0.2) is 0 Å². The fourth-order valence-electron chi connectivity index (χ4n) is 3.89. The third-order valence-corrected chi connectivity index (χ3v) is 5.92. The molecule has 1 amide bonds. The summed E-state index contributed by atoms with van der Waals surface area (Å²) in [5.74, 6) is 0.859. The van der Waals surface area contributed by atoms with E-state index in [-0.39, 0.29) is 11.3 Å². The second-order valence-corrected chi connectivity index (χ2v) is 7.53. The minimum Gasteiger partial charge on any atom is -0.325 e. The molecule has 128 valence electrons. The molecule has 0 unspecified atom stereocenters. The van der Waals surface area contributed by atoms with Crippen molar-refractivity contribution in [3.05, 3.63) is 24.3 Å². The number of anilines is 1. The predicted octanol–water partition coefficient (Wildman–Crippen LogP) is 6.08. The summed E-state index contributed by atoms with van der Waals surface area (Å²) in [6, 6.07) is 7.78. The van der Waals surface area contributed by atoms with Crippen LogP contribution < -0.4 is 5.32 Å². The first kappa shape index (κ1) is 18.4. The summed E-state index contributed by atoms with van der Waals surface area (Å²) in [5, 5.41) is 3.19. The first-order chi connectivity index (χ1) is 11.1. The Bertz CT molecular complexity index is 502. The SMILES string of the molecule is CCC(CC)CC1(C(=O)Nc2ccccc2S)CCCCCC1. The molecule has 0 heterocycles. The first-order valence-corrected chi connectivity index (χ1v) is 9.65. The molecule has 1 N–H and O–H groups in total. The number of hydrogen-bond acceptors (Lipinski definition) is 2. The van der Waals surface area contributed by atoms with Crippen molar-refractivity contribution < 1.29 is 4.79 Å². The van der Waals surface area contributed by atoms with Gasteiger partial charge < -0.3 is 5.32 Å². The van der Waals surface area contributed by atoms with E-state index in [0.717, 1.165) is 42.7 Å². The summed E-state index contributed by atoms with van der Waals surface area (Å²) in [6.45, 7) is 4.50. The largest absolute Gasteiger partial charge is 0.325 e. The van der Waals surface area contributed by atoms with E-state index in [2.05, 4.69) is 31.8 Å². The third kappa shape index (κ3) is 4.76. The van der Waals surface area contributed by atoms with Crippen LogP contribution >= 0.6 is 12.6 Å². The maximum Gasteiger partial charge on any atom is 0.230 e. The van der Waals surface area contributed by atoms with Gasteiger partial charge in [0.25, 0.3) is 0 Å². The molecule has 1 aromatic carbocycles. The summed E-state index contributed by atoms with van der Waals surface area (Å²) in [6.07, 6.45) is 10.3. The van der Waals surface area contributed by atoms with Crippen molar-refractivity contribution in [1.29, 1.82) is 0 Å². The van der Waals surface area contributed by atoms with E-state index >= 15 is 0 Å². The van der Waals surface area contributed by atoms with Crippen LogP contribution in [0.5, 0.6) is 0 Å². The predicted molar refractivity (Wildman–Crippen MR) is 101 cm³/mol. The van der Waals surface area contributed by atoms with Crippen molar-refractivity contribution >= 4 is 24.2 Å². The van der Waals surface area contributed by atoms with Gasteiger partial charge in [0.05, 0.1) is 5.69 Å². The maximum absolute atomic E-state index is 13.2. The fraction of sp³-hybridized carbons (Fsp3) is 0.650. The molecular formula is C20H31NOS. The van der Waals surface area contributed by atoms with Gasteiger partial charge in [-0.25, -0.2) is 0 Å². The highest BCUT2D eigenvalue weighted by Crippen LogP contribution is 2.43. The van der Waals surface area contributed by atoms with Crippen LogP contribution in [0.2, 0.25) is 0 Å². The van der Waals surface area contributed by atoms with Crippen molar-refractivity contribution in [1.82, 2.24) is 0 Å². The highest BCUT2D eigenvalue weighted by molar-refractivity contribution is 7.80. The van der Waals surface area contributed by atoms with E-state index in [1.165, 1.54) is 25.7 Å². The number of thiol groups is 1. The van der Waals surface area contributed by atoms with Crippen LogP contribution in [0.4, 0.5) is 5.69 Å². The molecule has 23 heavy (non-hydrogen) atoms. The Hall–Kier alpha value is -0.960. The number of benzene rings is 1. The van der Waals surface area contributed by atoms with E-state index in [4.69, 9.17) is 0 Å². The van der Waals surface area contributed by atoms with Crippen LogP contribution in [0.3, 0.4) is 0 Å². The van der Waals surface area contributed by atoms with Gasteiger partial charge in [0.2, 0.25) is 5.91 Å². The molecule has 0 radical (unpaired) electrons. The lowest BCUT2D eigenvalue weighted by Crippen LogP contribution is -2.37. The number of hydrogen-bond donors (Lipinski definition) is 2. The van der Waals surface area contributed by atoms with E-state index in [1.807, 2.05) is 24.3 Å². The number of amides is 1. The number of nitrogens with one attached hydrogen (secondary N) is 1. The Morgan fingerprint density at radius 1 is 1.13 bits per heavy atom. The lowest BCUT2D eigenvalue weighted by Gasteiger charge is -2.34. The third-order valence-electron chi connectivity index (χ3n) is 5.53. The average Bonchev–Trinajstić information content (AvgIpc) is 2.81. The Balaban J connectivity index is 2.21. The smallest absolute Gasteiger partial charge is 0.230 e. The highest BCUT2D eigenvalue weighted by atomic mass is 32.1. The van der Waals surface area contributed by atoms with Crippen LogP contribution in [0.1, 0.15) is 71.6 Å². The number of para-hydroxylation sites is 1. The van der Waals surface area contributed by atoms with E-state index in [9.17, 15) is 4.79 Å². The fourth-order valence-corrected chi connectivity index (χ4v) is 4.11. The highest BCUT2D eigenvalue weighted by Gasteiger charge is 2.39. The lowest BCUT2D eigenvalue weighted by atomic mass is 9.71. The molecule has 0 spiro atoms. The summed E-state index contributed by atoms with van der Waals surface area (Å²) < 4.78 is 0. The minimum absolute atomic E-state index is 0.191. The van der Waals surface area contributed by atoms with Gasteiger partial charge in [0, 0.05) is 10.3 Å². The molecule has 1 aromatic rings. The van der Waals surface area contributed by atoms with Gasteiger partial charge in [-0.05, 0) is 37.3 Å². The quantitative estimate of drug-likeness (QED) is 0.479. The molecule has 0 bridgehead atoms. The summed E-state index contributed by atoms with van der Waals surface area (Å²) >= 11 is 4.48. The molecular weight excluding hydrogens is 302 g/mol. The molecule has 1 saturated carbocycles. The molecule has 1 fully saturated rings. The van der Waals surface area contributed by atoms with E-state index in [1.54, 1.807) is 0 Å². The zero-order valence-corrected chi connectivity index (χ0v) is 15.5. The van der Waals surface area contributed by atoms with Crippen molar-refractivity contribution in [3.63, 3.8) is 0 Å². The zero-order valence-electron chi connectivity index (χ0n) is 14.6. The standard InChI is InChI=1S/C20H31NOS/c1-3-16(4-2)15-20(13-9-5-6-10-14-20)19(22)21-17-11-7-8-12-18(17)23/h7-8,11-12,16,23H,3-6,9-10,13-15H2,1-2H3,(H,21,22). The van der Waals surface area contributed by atoms with E-state index in [0.29, 0.717) is 5.92 Å². The van der Waals surface area contributed by atoms with Crippen LogP contribution in [0, 0.1) is 11.3 Å². The Labute approximate surface area is 146 Å². The van der Waals surface area contributed by atoms with Crippen LogP contribution in [0.15, 0.2) is 29.2 Å². The Morgan fingerprint density at radius 2 is 1.74 bits per heavy atom. The molecule has 1 aliphatic carbocycles. The zero-order chi connectivity index (χ0) is 16.7. The summed E-state index contributed by atoms with van der Waals surface area (Å²) in [7, 11) is 0. The number of carbonyl (C=O) groups is 1. The van der Waals surface area contributed by atoms with Crippen molar-refractivity contribution in [2.75, 3.05) is 5.32 Å². The molecule has 2 rings (SSSR count). The van der Waals surface area contributed by atoms with Crippen LogP contribution in [-0.2, 0) is 4.79 Å². The number of rotatable bonds is 6. The average molecular weight is 334 g/mol. The molecule has 0 saturated heterocycles. The molecule has 0 atom stereocenters. The maximum atomic E-state index is 13.2. The molecule has 0 aliphatic heterocycles. The normalized spacial score (nSPS) is 17.7. The van der Waals surface area contributed by atoms with Gasteiger partial charge in [-0.2, -0.15) is 0 Å². The van der Waals surface area contributed by atoms with Crippen molar-refractivity contribution in [2.24, 2.45) is 11.3 Å². The number of carbonyl (C=O) groups excluding carboxylic acids is 1. The molecule has 2 nitrogen and oxygen atoms in total. The Morgan fingerprint density at radius 3 is 2.30 bits per heavy atom. The van der Waals surface area contributed by atoms with Gasteiger partial charge in [-0.15, -0.1) is 12.6 Å². The minimum atomic E-state index is -0.191. The van der Waals surface area contributed by atoms with Gasteiger partial charge in [-0.1, -0.05) is 64.5 Å². The lowest BCUT2D eigenvalue weighted by molar-refractivity contribution is -0.127. The summed E-state index contributed by atoms with van der Waals surface area (Å²) in [4.78, 5) is 14.1. The first-order valence-electron chi connectivity index (χ1n) is 9.20. The van der Waals surface area contributed by atoms with Crippen LogP contribution in [-0.4, -0.2) is 5.91 Å². The molecule has 0 aromatic heterocycles. The van der Waals surface area contributed by atoms with Crippen molar-refractivity contribution in [2.45, 2.75) is 76.5 Å². The molecule has 1 aliphatic rings. The van der Waals surface area contributed by atoms with E-state index < -0.39 is 0 Å². The van der Waals surface area contributed by atoms with Gasteiger partial charge >= 0.3 is 0 Å². The van der Waals surface area contributed by atoms with Crippen molar-refractivity contribution in [3.8, 4) is 0 Å². The monoisotopic (exact) mass is 333 g/mol. The molecule has 3 heteroatoms. The van der Waals surface area contributed by atoms with Gasteiger partial charge in [0.1, 0.15) is 0 Å². The van der Waals surface area contributed by atoms with Crippen LogP contribution in [0.25, 0.3) is 0 Å². The Kier molecular flexibility index (Phi) is 7.01. The second-order valence-electron chi connectivity index (χ2n) is 7.05.